The van der Waals surface area contributed by atoms with Gasteiger partial charge < -0.3 is 10.2 Å². The molecule has 2 aromatic heterocycles. The standard InChI is InChI=1S/C17H23N5OS/c1-10-8-24-16(18-10)17(21-14(5)23)6-7-22(9-17)15-11(2)12(3)19-13(4)20-15/h8H,6-7,9H2,1-5H3,(H,21,23). The van der Waals surface area contributed by atoms with E-state index in [2.05, 4.69) is 32.1 Å². The average Bonchev–Trinajstić information content (AvgIpc) is 3.10. The molecule has 1 N–H and O–H groups in total. The third kappa shape index (κ3) is 3.00. The zero-order chi connectivity index (χ0) is 17.5. The minimum atomic E-state index is -0.441. The van der Waals surface area contributed by atoms with Crippen molar-refractivity contribution in [3.8, 4) is 0 Å². The molecule has 1 atom stereocenters. The quantitative estimate of drug-likeness (QED) is 0.925. The van der Waals surface area contributed by atoms with Gasteiger partial charge in [0, 0.05) is 42.3 Å². The molecule has 0 aliphatic carbocycles. The highest BCUT2D eigenvalue weighted by atomic mass is 32.1. The highest BCUT2D eigenvalue weighted by Gasteiger charge is 2.43. The summed E-state index contributed by atoms with van der Waals surface area (Å²) in [6, 6.07) is 0. The number of anilines is 1. The molecule has 1 unspecified atom stereocenters. The van der Waals surface area contributed by atoms with Crippen molar-refractivity contribution in [3.05, 3.63) is 33.2 Å². The van der Waals surface area contributed by atoms with Crippen LogP contribution >= 0.6 is 11.3 Å². The van der Waals surface area contributed by atoms with Crippen molar-refractivity contribution < 1.29 is 4.79 Å². The van der Waals surface area contributed by atoms with Crippen molar-refractivity contribution in [2.75, 3.05) is 18.0 Å². The van der Waals surface area contributed by atoms with Gasteiger partial charge in [0.1, 0.15) is 22.2 Å². The Labute approximate surface area is 146 Å². The molecule has 3 heterocycles. The summed E-state index contributed by atoms with van der Waals surface area (Å²) in [4.78, 5) is 27.8. The van der Waals surface area contributed by atoms with E-state index in [1.54, 1.807) is 18.3 Å². The maximum Gasteiger partial charge on any atom is 0.217 e. The van der Waals surface area contributed by atoms with E-state index in [0.717, 1.165) is 46.6 Å². The van der Waals surface area contributed by atoms with Crippen LogP contribution in [0.3, 0.4) is 0 Å². The lowest BCUT2D eigenvalue weighted by Gasteiger charge is -2.29. The van der Waals surface area contributed by atoms with E-state index in [-0.39, 0.29) is 5.91 Å². The lowest BCUT2D eigenvalue weighted by Crippen LogP contribution is -2.47. The Balaban J connectivity index is 1.97. The number of amides is 1. The number of aryl methyl sites for hydroxylation is 3. The number of hydrogen-bond acceptors (Lipinski definition) is 6. The van der Waals surface area contributed by atoms with Gasteiger partial charge in [-0.05, 0) is 34.1 Å². The van der Waals surface area contributed by atoms with E-state index in [1.165, 1.54) is 0 Å². The molecule has 0 aromatic carbocycles. The van der Waals surface area contributed by atoms with Gasteiger partial charge in [0.15, 0.2) is 0 Å². The zero-order valence-corrected chi connectivity index (χ0v) is 15.6. The van der Waals surface area contributed by atoms with Crippen molar-refractivity contribution in [2.24, 2.45) is 0 Å². The largest absolute Gasteiger partial charge is 0.353 e. The average molecular weight is 345 g/mol. The number of nitrogens with zero attached hydrogens (tertiary/aromatic N) is 4. The van der Waals surface area contributed by atoms with Gasteiger partial charge in [0.2, 0.25) is 5.91 Å². The van der Waals surface area contributed by atoms with Gasteiger partial charge in [-0.3, -0.25) is 4.79 Å². The maximum absolute atomic E-state index is 11.8. The van der Waals surface area contributed by atoms with Crippen LogP contribution in [0.25, 0.3) is 0 Å². The van der Waals surface area contributed by atoms with E-state index < -0.39 is 5.54 Å². The van der Waals surface area contributed by atoms with Gasteiger partial charge in [-0.25, -0.2) is 15.0 Å². The first-order valence-electron chi connectivity index (χ1n) is 8.09. The van der Waals surface area contributed by atoms with Crippen LogP contribution < -0.4 is 10.2 Å². The second-order valence-electron chi connectivity index (χ2n) is 6.53. The molecule has 1 amide bonds. The summed E-state index contributed by atoms with van der Waals surface area (Å²) in [5.74, 6) is 1.70. The second-order valence-corrected chi connectivity index (χ2v) is 7.39. The van der Waals surface area contributed by atoms with Crippen LogP contribution in [0.15, 0.2) is 5.38 Å². The number of rotatable bonds is 3. The number of carbonyl (C=O) groups excluding carboxylic acids is 1. The number of carbonyl (C=O) groups is 1. The Morgan fingerprint density at radius 2 is 2.00 bits per heavy atom. The third-order valence-electron chi connectivity index (χ3n) is 4.49. The highest BCUT2D eigenvalue weighted by Crippen LogP contribution is 2.37. The molecular formula is C17H23N5OS. The minimum Gasteiger partial charge on any atom is -0.353 e. The van der Waals surface area contributed by atoms with Crippen LogP contribution in [0.1, 0.15) is 41.1 Å². The first-order chi connectivity index (χ1) is 11.3. The highest BCUT2D eigenvalue weighted by molar-refractivity contribution is 7.09. The normalized spacial score (nSPS) is 20.5. The van der Waals surface area contributed by atoms with Gasteiger partial charge in [0.25, 0.3) is 0 Å². The van der Waals surface area contributed by atoms with E-state index in [1.807, 2.05) is 26.2 Å². The van der Waals surface area contributed by atoms with Crippen LogP contribution in [-0.2, 0) is 10.3 Å². The van der Waals surface area contributed by atoms with Gasteiger partial charge in [-0.1, -0.05) is 0 Å². The molecule has 128 valence electrons. The number of nitrogens with one attached hydrogen (secondary N) is 1. The Bertz CT molecular complexity index is 787. The predicted octanol–water partition coefficient (Wildman–Crippen LogP) is 2.41. The lowest BCUT2D eigenvalue weighted by molar-refractivity contribution is -0.120. The van der Waals surface area contributed by atoms with E-state index in [0.29, 0.717) is 6.54 Å². The van der Waals surface area contributed by atoms with E-state index in [4.69, 9.17) is 0 Å². The molecule has 1 aliphatic heterocycles. The van der Waals surface area contributed by atoms with Gasteiger partial charge in [-0.15, -0.1) is 11.3 Å². The Hall–Kier alpha value is -2.02. The van der Waals surface area contributed by atoms with Crippen molar-refractivity contribution >= 4 is 23.1 Å². The lowest BCUT2D eigenvalue weighted by atomic mass is 9.99. The molecule has 2 aromatic rings. The van der Waals surface area contributed by atoms with Crippen LogP contribution in [-0.4, -0.2) is 33.9 Å². The maximum atomic E-state index is 11.8. The minimum absolute atomic E-state index is 0.0310. The summed E-state index contributed by atoms with van der Waals surface area (Å²) in [7, 11) is 0. The molecule has 1 saturated heterocycles. The first-order valence-corrected chi connectivity index (χ1v) is 8.97. The summed E-state index contributed by atoms with van der Waals surface area (Å²) in [5.41, 5.74) is 2.64. The van der Waals surface area contributed by atoms with Crippen LogP contribution in [0, 0.1) is 27.7 Å². The van der Waals surface area contributed by atoms with Gasteiger partial charge in [-0.2, -0.15) is 0 Å². The fraction of sp³-hybridized carbons (Fsp3) is 0.529. The number of aromatic nitrogens is 3. The molecule has 0 saturated carbocycles. The first kappa shape index (κ1) is 16.8. The molecule has 6 nitrogen and oxygen atoms in total. The van der Waals surface area contributed by atoms with Crippen LogP contribution in [0.2, 0.25) is 0 Å². The molecule has 1 fully saturated rings. The molecule has 0 radical (unpaired) electrons. The smallest absolute Gasteiger partial charge is 0.217 e. The summed E-state index contributed by atoms with van der Waals surface area (Å²) >= 11 is 1.61. The van der Waals surface area contributed by atoms with Crippen molar-refractivity contribution in [1.29, 1.82) is 0 Å². The second kappa shape index (κ2) is 6.12. The molecule has 3 rings (SSSR count). The fourth-order valence-electron chi connectivity index (χ4n) is 3.29. The van der Waals surface area contributed by atoms with Crippen molar-refractivity contribution in [2.45, 2.75) is 46.6 Å². The van der Waals surface area contributed by atoms with E-state index in [9.17, 15) is 4.79 Å². The Morgan fingerprint density at radius 3 is 2.62 bits per heavy atom. The predicted molar refractivity (Wildman–Crippen MR) is 95.4 cm³/mol. The van der Waals surface area contributed by atoms with Gasteiger partial charge in [0.05, 0.1) is 0 Å². The third-order valence-corrected chi connectivity index (χ3v) is 5.65. The van der Waals surface area contributed by atoms with Crippen molar-refractivity contribution in [1.82, 2.24) is 20.3 Å². The van der Waals surface area contributed by atoms with Crippen molar-refractivity contribution in [3.63, 3.8) is 0 Å². The summed E-state index contributed by atoms with van der Waals surface area (Å²) in [6.45, 7) is 11.0. The zero-order valence-electron chi connectivity index (χ0n) is 14.8. The summed E-state index contributed by atoms with van der Waals surface area (Å²) < 4.78 is 0. The van der Waals surface area contributed by atoms with Crippen LogP contribution in [0.5, 0.6) is 0 Å². The fourth-order valence-corrected chi connectivity index (χ4v) is 4.26. The summed E-state index contributed by atoms with van der Waals surface area (Å²) in [6.07, 6.45) is 0.821. The molecule has 7 heteroatoms. The topological polar surface area (TPSA) is 71.0 Å². The van der Waals surface area contributed by atoms with Crippen LogP contribution in [0.4, 0.5) is 5.82 Å². The molecule has 0 spiro atoms. The SMILES string of the molecule is CC(=O)NC1(c2nc(C)cs2)CCN(c2nc(C)nc(C)c2C)C1. The number of thiazole rings is 1. The molecule has 0 bridgehead atoms. The summed E-state index contributed by atoms with van der Waals surface area (Å²) in [5, 5.41) is 6.16. The Kier molecular flexibility index (Phi) is 4.29. The molecule has 1 aliphatic rings. The monoisotopic (exact) mass is 345 g/mol. The molecular weight excluding hydrogens is 322 g/mol. The van der Waals surface area contributed by atoms with Gasteiger partial charge >= 0.3 is 0 Å². The van der Waals surface area contributed by atoms with E-state index >= 15 is 0 Å². The number of hydrogen-bond donors (Lipinski definition) is 1. The Morgan fingerprint density at radius 1 is 1.25 bits per heavy atom. The molecule has 24 heavy (non-hydrogen) atoms.